The molecule has 2 rings (SSSR count). The summed E-state index contributed by atoms with van der Waals surface area (Å²) in [6.45, 7) is 5.42. The van der Waals surface area contributed by atoms with E-state index in [0.717, 1.165) is 23.9 Å². The summed E-state index contributed by atoms with van der Waals surface area (Å²) >= 11 is 1.86. The highest BCUT2D eigenvalue weighted by Gasteiger charge is 2.20. The van der Waals surface area contributed by atoms with Crippen molar-refractivity contribution in [1.82, 2.24) is 5.32 Å². The molecule has 0 aliphatic carbocycles. The van der Waals surface area contributed by atoms with Crippen LogP contribution in [0.5, 0.6) is 0 Å². The van der Waals surface area contributed by atoms with Gasteiger partial charge in [0.1, 0.15) is 0 Å². The monoisotopic (exact) mass is 262 g/mol. The van der Waals surface area contributed by atoms with Gasteiger partial charge in [-0.1, -0.05) is 62.4 Å². The molecule has 1 aromatic carbocycles. The van der Waals surface area contributed by atoms with Gasteiger partial charge in [0, 0.05) is 18.3 Å². The molecule has 1 heterocycles. The molecule has 0 bridgehead atoms. The van der Waals surface area contributed by atoms with E-state index < -0.39 is 0 Å². The van der Waals surface area contributed by atoms with Crippen LogP contribution < -0.4 is 5.32 Å². The van der Waals surface area contributed by atoms with Crippen molar-refractivity contribution in [3.63, 3.8) is 0 Å². The Morgan fingerprint density at radius 1 is 1.39 bits per heavy atom. The second kappa shape index (κ2) is 6.83. The fraction of sp³-hybridized carbons (Fsp3) is 0.533. The molecule has 0 amide bonds. The van der Waals surface area contributed by atoms with E-state index in [4.69, 9.17) is 0 Å². The Labute approximate surface area is 114 Å². The van der Waals surface area contributed by atoms with E-state index in [9.17, 15) is 0 Å². The summed E-state index contributed by atoms with van der Waals surface area (Å²) in [5, 5.41) is 4.67. The maximum atomic E-state index is 4.65. The Morgan fingerprint density at radius 3 is 2.89 bits per heavy atom. The quantitative estimate of drug-likeness (QED) is 0.880. The van der Waals surface area contributed by atoms with E-state index in [2.05, 4.69) is 54.5 Å². The van der Waals surface area contributed by atoms with Gasteiger partial charge in [0.05, 0.1) is 0 Å². The standard InChI is InChI=1S/C15H22N2S/c1-3-12(2)10-16-15-17-14(11-18-15)9-13-7-5-4-6-8-13/h4-8,12,14H,3,9-11H2,1-2H3,(H,16,17). The molecule has 1 fully saturated rings. The molecule has 0 radical (unpaired) electrons. The molecule has 2 atom stereocenters. The molecule has 2 unspecified atom stereocenters. The van der Waals surface area contributed by atoms with E-state index in [-0.39, 0.29) is 0 Å². The SMILES string of the molecule is CCC(C)CN=C1NC(Cc2ccccc2)CS1. The first-order valence-corrected chi connectivity index (χ1v) is 7.74. The molecule has 3 heteroatoms. The predicted octanol–water partition coefficient (Wildman–Crippen LogP) is 3.34. The van der Waals surface area contributed by atoms with Crippen LogP contribution in [0.3, 0.4) is 0 Å². The van der Waals surface area contributed by atoms with Crippen molar-refractivity contribution in [2.24, 2.45) is 10.9 Å². The number of benzene rings is 1. The largest absolute Gasteiger partial charge is 0.361 e. The minimum Gasteiger partial charge on any atom is -0.361 e. The van der Waals surface area contributed by atoms with Crippen LogP contribution in [0.25, 0.3) is 0 Å². The lowest BCUT2D eigenvalue weighted by molar-refractivity contribution is 0.575. The van der Waals surface area contributed by atoms with Gasteiger partial charge in [-0.25, -0.2) is 0 Å². The van der Waals surface area contributed by atoms with E-state index in [0.29, 0.717) is 12.0 Å². The van der Waals surface area contributed by atoms with Crippen molar-refractivity contribution in [3.05, 3.63) is 35.9 Å². The zero-order valence-electron chi connectivity index (χ0n) is 11.2. The number of nitrogens with one attached hydrogen (secondary N) is 1. The normalized spacial score (nSPS) is 23.0. The number of aliphatic imine (C=N–C) groups is 1. The van der Waals surface area contributed by atoms with Crippen molar-refractivity contribution in [3.8, 4) is 0 Å². The van der Waals surface area contributed by atoms with Gasteiger partial charge >= 0.3 is 0 Å². The molecule has 0 aromatic heterocycles. The van der Waals surface area contributed by atoms with Gasteiger partial charge in [0.15, 0.2) is 5.17 Å². The second-order valence-electron chi connectivity index (χ2n) is 5.00. The van der Waals surface area contributed by atoms with E-state index in [1.807, 2.05) is 11.8 Å². The first-order chi connectivity index (χ1) is 8.78. The molecular weight excluding hydrogens is 240 g/mol. The third-order valence-electron chi connectivity index (χ3n) is 3.32. The number of rotatable bonds is 5. The highest BCUT2D eigenvalue weighted by molar-refractivity contribution is 8.14. The highest BCUT2D eigenvalue weighted by atomic mass is 32.2. The van der Waals surface area contributed by atoms with E-state index >= 15 is 0 Å². The van der Waals surface area contributed by atoms with Gasteiger partial charge in [-0.15, -0.1) is 0 Å². The lowest BCUT2D eigenvalue weighted by Gasteiger charge is -2.10. The van der Waals surface area contributed by atoms with Crippen LogP contribution in [0.15, 0.2) is 35.3 Å². The first-order valence-electron chi connectivity index (χ1n) is 6.75. The molecule has 0 saturated carbocycles. The van der Waals surface area contributed by atoms with Crippen LogP contribution >= 0.6 is 11.8 Å². The van der Waals surface area contributed by atoms with Crippen LogP contribution in [-0.4, -0.2) is 23.5 Å². The molecule has 1 aliphatic rings. The molecule has 1 aromatic rings. The summed E-state index contributed by atoms with van der Waals surface area (Å²) < 4.78 is 0. The third-order valence-corrected chi connectivity index (χ3v) is 4.41. The molecule has 2 nitrogen and oxygen atoms in total. The summed E-state index contributed by atoms with van der Waals surface area (Å²) in [7, 11) is 0. The zero-order chi connectivity index (χ0) is 12.8. The molecule has 1 aliphatic heterocycles. The van der Waals surface area contributed by atoms with Gasteiger partial charge in [-0.3, -0.25) is 4.99 Å². The maximum Gasteiger partial charge on any atom is 0.156 e. The van der Waals surface area contributed by atoms with Gasteiger partial charge in [0.2, 0.25) is 0 Å². The van der Waals surface area contributed by atoms with E-state index in [1.165, 1.54) is 12.0 Å². The Bertz CT molecular complexity index is 389. The Kier molecular flexibility index (Phi) is 5.12. The molecule has 0 spiro atoms. The van der Waals surface area contributed by atoms with Gasteiger partial charge in [-0.05, 0) is 17.9 Å². The zero-order valence-corrected chi connectivity index (χ0v) is 12.0. The number of hydrogen-bond donors (Lipinski definition) is 1. The van der Waals surface area contributed by atoms with Gasteiger partial charge < -0.3 is 5.32 Å². The summed E-state index contributed by atoms with van der Waals surface area (Å²) in [6, 6.07) is 11.2. The number of amidine groups is 1. The predicted molar refractivity (Wildman–Crippen MR) is 81.3 cm³/mol. The summed E-state index contributed by atoms with van der Waals surface area (Å²) in [4.78, 5) is 4.65. The molecule has 1 saturated heterocycles. The van der Waals surface area contributed by atoms with Crippen LogP contribution in [0.1, 0.15) is 25.8 Å². The smallest absolute Gasteiger partial charge is 0.156 e. The fourth-order valence-electron chi connectivity index (χ4n) is 1.91. The molecule has 18 heavy (non-hydrogen) atoms. The van der Waals surface area contributed by atoms with Crippen molar-refractivity contribution in [2.45, 2.75) is 32.7 Å². The molecule has 98 valence electrons. The maximum absolute atomic E-state index is 4.65. The molecular formula is C15H22N2S. The van der Waals surface area contributed by atoms with Crippen LogP contribution in [0.2, 0.25) is 0 Å². The van der Waals surface area contributed by atoms with Crippen molar-refractivity contribution in [2.75, 3.05) is 12.3 Å². The summed E-state index contributed by atoms with van der Waals surface area (Å²) in [5.74, 6) is 1.82. The lowest BCUT2D eigenvalue weighted by Crippen LogP contribution is -2.29. The minimum absolute atomic E-state index is 0.535. The fourth-order valence-corrected chi connectivity index (χ4v) is 2.88. The van der Waals surface area contributed by atoms with Crippen molar-refractivity contribution < 1.29 is 0 Å². The number of thioether (sulfide) groups is 1. The average molecular weight is 262 g/mol. The van der Waals surface area contributed by atoms with Gasteiger partial charge in [0.25, 0.3) is 0 Å². The Balaban J connectivity index is 1.81. The van der Waals surface area contributed by atoms with Gasteiger partial charge in [-0.2, -0.15) is 0 Å². The number of hydrogen-bond acceptors (Lipinski definition) is 2. The minimum atomic E-state index is 0.535. The van der Waals surface area contributed by atoms with Crippen molar-refractivity contribution >= 4 is 16.9 Å². The Hall–Kier alpha value is -0.960. The highest BCUT2D eigenvalue weighted by Crippen LogP contribution is 2.17. The summed E-state index contributed by atoms with van der Waals surface area (Å²) in [6.07, 6.45) is 2.30. The summed E-state index contributed by atoms with van der Waals surface area (Å²) in [5.41, 5.74) is 1.40. The van der Waals surface area contributed by atoms with Crippen LogP contribution in [0, 0.1) is 5.92 Å². The van der Waals surface area contributed by atoms with Crippen molar-refractivity contribution in [1.29, 1.82) is 0 Å². The topological polar surface area (TPSA) is 24.4 Å². The molecule has 1 N–H and O–H groups in total. The van der Waals surface area contributed by atoms with E-state index in [1.54, 1.807) is 0 Å². The lowest BCUT2D eigenvalue weighted by atomic mass is 10.1. The van der Waals surface area contributed by atoms with Crippen LogP contribution in [0.4, 0.5) is 0 Å². The number of nitrogens with zero attached hydrogens (tertiary/aromatic N) is 1. The first kappa shape index (κ1) is 13.5. The average Bonchev–Trinajstić information content (AvgIpc) is 2.85. The third kappa shape index (κ3) is 4.05. The Morgan fingerprint density at radius 2 is 2.17 bits per heavy atom. The van der Waals surface area contributed by atoms with Crippen LogP contribution in [-0.2, 0) is 6.42 Å². The second-order valence-corrected chi connectivity index (χ2v) is 6.01.